The van der Waals surface area contributed by atoms with Gasteiger partial charge in [0.15, 0.2) is 0 Å². The van der Waals surface area contributed by atoms with E-state index < -0.39 is 10.9 Å². The number of fused-ring (bicyclic) bond motifs is 1. The van der Waals surface area contributed by atoms with Gasteiger partial charge in [0.2, 0.25) is 0 Å². The van der Waals surface area contributed by atoms with Gasteiger partial charge in [0.1, 0.15) is 5.75 Å². The molecule has 2 N–H and O–H groups in total. The van der Waals surface area contributed by atoms with E-state index in [9.17, 15) is 9.90 Å². The molecule has 3 aromatic rings. The Morgan fingerprint density at radius 1 is 1.07 bits per heavy atom. The number of carboxylic acid groups (broad SMARTS) is 1. The van der Waals surface area contributed by atoms with E-state index in [0.717, 1.165) is 28.2 Å². The maximum absolute atomic E-state index is 12.6. The molecule has 30 heavy (non-hydrogen) atoms. The van der Waals surface area contributed by atoms with Crippen molar-refractivity contribution < 1.29 is 14.6 Å². The molecule has 0 spiro atoms. The summed E-state index contributed by atoms with van der Waals surface area (Å²) >= 11 is 7.21. The first-order valence-electron chi connectivity index (χ1n) is 9.67. The number of carboxylic acids is 1. The Balaban J connectivity index is 2.06. The molecule has 0 saturated carbocycles. The number of aliphatic carboxylic acids is 1. The maximum atomic E-state index is 12.6. The zero-order valence-corrected chi connectivity index (χ0v) is 18.9. The van der Waals surface area contributed by atoms with E-state index >= 15 is 0 Å². The molecule has 0 aliphatic rings. The van der Waals surface area contributed by atoms with Gasteiger partial charge in [0.05, 0.1) is 5.69 Å². The lowest BCUT2D eigenvalue weighted by Gasteiger charge is -2.31. The molecule has 6 heteroatoms. The number of thioether (sulfide) groups is 1. The van der Waals surface area contributed by atoms with Crippen LogP contribution in [0.1, 0.15) is 19.4 Å². The number of para-hydroxylation sites is 2. The Labute approximate surface area is 186 Å². The normalized spacial score (nSPS) is 13.6. The molecule has 1 atom stereocenters. The van der Waals surface area contributed by atoms with E-state index in [1.807, 2.05) is 60.7 Å². The minimum absolute atomic E-state index is 0.117. The predicted molar refractivity (Wildman–Crippen MR) is 127 cm³/mol. The molecule has 0 heterocycles. The summed E-state index contributed by atoms with van der Waals surface area (Å²) in [6.45, 7) is 4.76. The van der Waals surface area contributed by atoms with Crippen LogP contribution in [-0.4, -0.2) is 29.8 Å². The summed E-state index contributed by atoms with van der Waals surface area (Å²) in [5.41, 5.74) is 1.22. The summed E-state index contributed by atoms with van der Waals surface area (Å²) in [6, 6.07) is 20.8. The third-order valence-electron chi connectivity index (χ3n) is 4.97. The zero-order chi connectivity index (χ0) is 21.8. The SMILES string of the molecule is CSC(Oc1ccccc1NCC(C)(C)CCl)(C(=O)O)c1cccc2ccccc12. The van der Waals surface area contributed by atoms with Crippen LogP contribution < -0.4 is 10.1 Å². The lowest BCUT2D eigenvalue weighted by Crippen LogP contribution is -2.38. The van der Waals surface area contributed by atoms with Gasteiger partial charge in [-0.15, -0.1) is 23.4 Å². The van der Waals surface area contributed by atoms with Gasteiger partial charge >= 0.3 is 5.97 Å². The molecule has 3 rings (SSSR count). The van der Waals surface area contributed by atoms with Crippen LogP contribution in [-0.2, 0) is 9.73 Å². The fourth-order valence-corrected chi connectivity index (χ4v) is 4.04. The molecule has 0 aliphatic heterocycles. The Morgan fingerprint density at radius 3 is 2.43 bits per heavy atom. The highest BCUT2D eigenvalue weighted by Gasteiger charge is 2.44. The van der Waals surface area contributed by atoms with E-state index in [4.69, 9.17) is 16.3 Å². The van der Waals surface area contributed by atoms with Gasteiger partial charge in [-0.1, -0.05) is 68.4 Å². The van der Waals surface area contributed by atoms with Crippen molar-refractivity contribution in [3.63, 3.8) is 0 Å². The van der Waals surface area contributed by atoms with Gasteiger partial charge in [-0.05, 0) is 34.6 Å². The molecule has 0 bridgehead atoms. The van der Waals surface area contributed by atoms with E-state index in [-0.39, 0.29) is 5.41 Å². The fraction of sp³-hybridized carbons (Fsp3) is 0.292. The number of alkyl halides is 1. The van der Waals surface area contributed by atoms with Crippen molar-refractivity contribution >= 4 is 45.8 Å². The van der Waals surface area contributed by atoms with Crippen molar-refractivity contribution in [1.82, 2.24) is 0 Å². The lowest BCUT2D eigenvalue weighted by molar-refractivity contribution is -0.148. The molecule has 0 fully saturated rings. The second-order valence-electron chi connectivity index (χ2n) is 7.90. The summed E-state index contributed by atoms with van der Waals surface area (Å²) in [4.78, 5) is 11.0. The van der Waals surface area contributed by atoms with Crippen molar-refractivity contribution in [1.29, 1.82) is 0 Å². The van der Waals surface area contributed by atoms with Gasteiger partial charge in [-0.2, -0.15) is 0 Å². The number of anilines is 1. The largest absolute Gasteiger partial charge is 0.477 e. The maximum Gasteiger partial charge on any atom is 0.363 e. The monoisotopic (exact) mass is 443 g/mol. The number of rotatable bonds is 9. The second-order valence-corrected chi connectivity index (χ2v) is 9.15. The molecular weight excluding hydrogens is 418 g/mol. The first-order valence-corrected chi connectivity index (χ1v) is 11.4. The van der Waals surface area contributed by atoms with Gasteiger partial charge in [0.25, 0.3) is 4.93 Å². The lowest BCUT2D eigenvalue weighted by atomic mass is 9.96. The molecule has 0 amide bonds. The van der Waals surface area contributed by atoms with Gasteiger partial charge < -0.3 is 15.2 Å². The van der Waals surface area contributed by atoms with Crippen LogP contribution >= 0.6 is 23.4 Å². The van der Waals surface area contributed by atoms with Gasteiger partial charge in [-0.3, -0.25) is 0 Å². The summed E-state index contributed by atoms with van der Waals surface area (Å²) in [5, 5.41) is 15.5. The van der Waals surface area contributed by atoms with Crippen molar-refractivity contribution in [2.75, 3.05) is 24.0 Å². The van der Waals surface area contributed by atoms with Crippen molar-refractivity contribution in [2.45, 2.75) is 18.8 Å². The third-order valence-corrected chi connectivity index (χ3v) is 6.75. The highest BCUT2D eigenvalue weighted by atomic mass is 35.5. The summed E-state index contributed by atoms with van der Waals surface area (Å²) in [5.74, 6) is -0.0714. The van der Waals surface area contributed by atoms with Crippen molar-refractivity contribution in [3.8, 4) is 5.75 Å². The van der Waals surface area contributed by atoms with Crippen molar-refractivity contribution in [3.05, 3.63) is 72.3 Å². The average Bonchev–Trinajstić information content (AvgIpc) is 2.76. The van der Waals surface area contributed by atoms with Crippen LogP contribution in [0.5, 0.6) is 5.75 Å². The number of halogens is 1. The summed E-state index contributed by atoms with van der Waals surface area (Å²) < 4.78 is 6.30. The molecule has 4 nitrogen and oxygen atoms in total. The Bertz CT molecular complexity index is 1030. The van der Waals surface area contributed by atoms with E-state index in [0.29, 0.717) is 23.7 Å². The Hall–Kier alpha value is -2.37. The predicted octanol–water partition coefficient (Wildman–Crippen LogP) is 6.20. The topological polar surface area (TPSA) is 58.6 Å². The number of benzene rings is 3. The summed E-state index contributed by atoms with van der Waals surface area (Å²) in [6.07, 6.45) is 1.75. The van der Waals surface area contributed by atoms with Crippen LogP contribution in [0, 0.1) is 5.41 Å². The minimum Gasteiger partial charge on any atom is -0.477 e. The molecule has 0 radical (unpaired) electrons. The standard InChI is InChI=1S/C24H26ClNO3S/c1-23(2,15-25)16-26-20-13-6-7-14-21(20)29-24(30-3,22(27)28)19-12-8-10-17-9-4-5-11-18(17)19/h4-14,26H,15-16H2,1-3H3,(H,27,28). The smallest absolute Gasteiger partial charge is 0.363 e. The average molecular weight is 444 g/mol. The van der Waals surface area contributed by atoms with E-state index in [1.54, 1.807) is 12.3 Å². The third kappa shape index (κ3) is 4.52. The van der Waals surface area contributed by atoms with Crippen LogP contribution in [0.3, 0.4) is 0 Å². The van der Waals surface area contributed by atoms with Gasteiger partial charge in [-0.25, -0.2) is 4.79 Å². The fourth-order valence-electron chi connectivity index (χ4n) is 3.20. The molecule has 0 aliphatic carbocycles. The first kappa shape index (κ1) is 22.3. The van der Waals surface area contributed by atoms with Crippen LogP contribution in [0.15, 0.2) is 66.7 Å². The van der Waals surface area contributed by atoms with E-state index in [2.05, 4.69) is 19.2 Å². The number of hydrogen-bond donors (Lipinski definition) is 2. The molecule has 1 unspecified atom stereocenters. The number of carbonyl (C=O) groups is 1. The Morgan fingerprint density at radius 2 is 1.73 bits per heavy atom. The molecular formula is C24H26ClNO3S. The molecule has 0 saturated heterocycles. The molecule has 158 valence electrons. The Kier molecular flexibility index (Phi) is 6.84. The van der Waals surface area contributed by atoms with Crippen LogP contribution in [0.4, 0.5) is 5.69 Å². The zero-order valence-electron chi connectivity index (χ0n) is 17.3. The molecule has 3 aromatic carbocycles. The minimum atomic E-state index is -1.60. The van der Waals surface area contributed by atoms with Crippen LogP contribution in [0.2, 0.25) is 0 Å². The number of nitrogens with one attached hydrogen (secondary N) is 1. The first-order chi connectivity index (χ1) is 14.3. The van der Waals surface area contributed by atoms with Gasteiger partial charge in [0, 0.05) is 18.0 Å². The number of hydrogen-bond acceptors (Lipinski definition) is 4. The highest BCUT2D eigenvalue weighted by Crippen LogP contribution is 2.43. The van der Waals surface area contributed by atoms with Crippen LogP contribution in [0.25, 0.3) is 10.8 Å². The molecule has 0 aromatic heterocycles. The summed E-state index contributed by atoms with van der Waals surface area (Å²) in [7, 11) is 0. The second kappa shape index (κ2) is 9.19. The highest BCUT2D eigenvalue weighted by molar-refractivity contribution is 8.00. The van der Waals surface area contributed by atoms with E-state index in [1.165, 1.54) is 0 Å². The number of ether oxygens (including phenoxy) is 1. The quantitative estimate of drug-likeness (QED) is 0.304. The van der Waals surface area contributed by atoms with Crippen molar-refractivity contribution in [2.24, 2.45) is 5.41 Å².